The third-order valence-corrected chi connectivity index (χ3v) is 2.40. The van der Waals surface area contributed by atoms with Crippen LogP contribution in [0.15, 0.2) is 0 Å². The van der Waals surface area contributed by atoms with Crippen molar-refractivity contribution in [3.05, 3.63) is 0 Å². The van der Waals surface area contributed by atoms with Gasteiger partial charge in [0.1, 0.15) is 0 Å². The predicted molar refractivity (Wildman–Crippen MR) is 79.9 cm³/mol. The van der Waals surface area contributed by atoms with Crippen molar-refractivity contribution in [1.82, 2.24) is 21.3 Å². The summed E-state index contributed by atoms with van der Waals surface area (Å²) in [4.78, 5) is 3.31. The van der Waals surface area contributed by atoms with Crippen molar-refractivity contribution in [3.63, 3.8) is 0 Å². The molecule has 7 N–H and O–H groups in total. The molecule has 0 radical (unpaired) electrons. The maximum atomic E-state index is 5.86. The van der Waals surface area contributed by atoms with Crippen LogP contribution in [0.25, 0.3) is 0 Å². The summed E-state index contributed by atoms with van der Waals surface area (Å²) in [6.45, 7) is 13.2. The number of nitrogens with zero attached hydrogens (tertiary/aromatic N) is 1. The Morgan fingerprint density at radius 1 is 0.947 bits per heavy atom. The standard InChI is InChI=1S/C12H29N7/c1-5-14-11(15-6-2)17-9-10-18-12(16-7-3)19(13)8-4/h5-10,13H2,1-4H3,(H3,14,15,16,17,18)/p+2. The summed E-state index contributed by atoms with van der Waals surface area (Å²) in [6.07, 6.45) is 0. The van der Waals surface area contributed by atoms with Crippen LogP contribution >= 0.6 is 0 Å². The van der Waals surface area contributed by atoms with Gasteiger partial charge in [0.15, 0.2) is 0 Å². The lowest BCUT2D eigenvalue weighted by atomic mass is 10.6. The zero-order valence-corrected chi connectivity index (χ0v) is 12.8. The van der Waals surface area contributed by atoms with E-state index in [0.29, 0.717) is 0 Å². The van der Waals surface area contributed by atoms with Crippen molar-refractivity contribution in [2.45, 2.75) is 27.7 Å². The van der Waals surface area contributed by atoms with Crippen molar-refractivity contribution < 1.29 is 9.68 Å². The van der Waals surface area contributed by atoms with Gasteiger partial charge in [-0.05, 0) is 27.7 Å². The van der Waals surface area contributed by atoms with Crippen LogP contribution in [0.2, 0.25) is 0 Å². The first-order valence-electron chi connectivity index (χ1n) is 7.14. The molecule has 7 heteroatoms. The monoisotopic (exact) mass is 273 g/mol. The number of hydrazine groups is 1. The molecule has 0 aliphatic rings. The Kier molecular flexibility index (Phi) is 10.4. The van der Waals surface area contributed by atoms with E-state index in [1.54, 1.807) is 4.68 Å². The molecule has 112 valence electrons. The number of hydrogen-bond acceptors (Lipinski definition) is 1. The fourth-order valence-electron chi connectivity index (χ4n) is 1.50. The number of guanidine groups is 2. The molecular weight excluding hydrogens is 242 g/mol. The molecule has 0 aliphatic carbocycles. The molecule has 0 unspecified atom stereocenters. The summed E-state index contributed by atoms with van der Waals surface area (Å²) >= 11 is 0. The van der Waals surface area contributed by atoms with Crippen LogP contribution in [0, 0.1) is 0 Å². The Bertz CT molecular complexity index is 278. The lowest BCUT2D eigenvalue weighted by molar-refractivity contribution is -0.540. The third kappa shape index (κ3) is 8.12. The summed E-state index contributed by atoms with van der Waals surface area (Å²) in [5, 5.41) is 13.0. The number of nitrogens with two attached hydrogens (primary N) is 1. The largest absolute Gasteiger partial charge is 0.367 e. The molecule has 0 atom stereocenters. The van der Waals surface area contributed by atoms with E-state index in [4.69, 9.17) is 5.84 Å². The van der Waals surface area contributed by atoms with Gasteiger partial charge in [-0.15, -0.1) is 0 Å². The average molecular weight is 273 g/mol. The molecule has 0 heterocycles. The fourth-order valence-corrected chi connectivity index (χ4v) is 1.50. The number of hydrogen-bond donors (Lipinski definition) is 6. The van der Waals surface area contributed by atoms with Crippen LogP contribution in [-0.4, -0.2) is 55.9 Å². The Morgan fingerprint density at radius 3 is 2.00 bits per heavy atom. The summed E-state index contributed by atoms with van der Waals surface area (Å²) < 4.78 is 1.67. The van der Waals surface area contributed by atoms with Gasteiger partial charge in [-0.2, -0.15) is 4.68 Å². The minimum absolute atomic E-state index is 0.759. The highest BCUT2D eigenvalue weighted by molar-refractivity contribution is 5.74. The molecule has 0 aromatic heterocycles. The van der Waals surface area contributed by atoms with Crippen molar-refractivity contribution in [2.75, 3.05) is 39.3 Å². The van der Waals surface area contributed by atoms with Gasteiger partial charge in [-0.25, -0.2) is 0 Å². The van der Waals surface area contributed by atoms with Crippen LogP contribution in [0.4, 0.5) is 0 Å². The van der Waals surface area contributed by atoms with Crippen molar-refractivity contribution in [1.29, 1.82) is 0 Å². The lowest BCUT2D eigenvalue weighted by Gasteiger charge is -2.07. The first-order chi connectivity index (χ1) is 9.19. The molecule has 0 rings (SSSR count). The normalized spacial score (nSPS) is 11.4. The fraction of sp³-hybridized carbons (Fsp3) is 0.833. The number of nitrogens with one attached hydrogen (secondary N) is 5. The van der Waals surface area contributed by atoms with Crippen molar-refractivity contribution in [2.24, 2.45) is 5.84 Å². The maximum absolute atomic E-state index is 5.86. The number of rotatable bonds is 7. The van der Waals surface area contributed by atoms with Gasteiger partial charge < -0.3 is 0 Å². The van der Waals surface area contributed by atoms with Gasteiger partial charge in [0, 0.05) is 0 Å². The van der Waals surface area contributed by atoms with Gasteiger partial charge >= 0.3 is 11.9 Å². The van der Waals surface area contributed by atoms with E-state index in [-0.39, 0.29) is 0 Å². The highest BCUT2D eigenvalue weighted by atomic mass is 15.4. The van der Waals surface area contributed by atoms with E-state index in [0.717, 1.165) is 51.2 Å². The molecule has 0 saturated carbocycles. The van der Waals surface area contributed by atoms with E-state index in [9.17, 15) is 0 Å². The second-order valence-corrected chi connectivity index (χ2v) is 3.95. The molecular formula is C12H31N7+2. The topological polar surface area (TPSA) is 91.1 Å². The molecule has 0 saturated heterocycles. The zero-order valence-electron chi connectivity index (χ0n) is 12.8. The first-order valence-corrected chi connectivity index (χ1v) is 7.14. The Balaban J connectivity index is 4.20. The highest BCUT2D eigenvalue weighted by Crippen LogP contribution is 1.67. The van der Waals surface area contributed by atoms with Gasteiger partial charge in [-0.1, -0.05) is 0 Å². The van der Waals surface area contributed by atoms with Crippen LogP contribution in [0.5, 0.6) is 0 Å². The summed E-state index contributed by atoms with van der Waals surface area (Å²) in [5.74, 6) is 7.69. The van der Waals surface area contributed by atoms with Crippen LogP contribution in [0.1, 0.15) is 27.7 Å². The van der Waals surface area contributed by atoms with Crippen molar-refractivity contribution in [3.8, 4) is 0 Å². The second kappa shape index (κ2) is 11.4. The van der Waals surface area contributed by atoms with Crippen LogP contribution in [-0.2, 0) is 0 Å². The van der Waals surface area contributed by atoms with Gasteiger partial charge in [0.25, 0.3) is 0 Å². The predicted octanol–water partition coefficient (Wildman–Crippen LogP) is -2.90. The van der Waals surface area contributed by atoms with E-state index in [1.165, 1.54) is 0 Å². The average Bonchev–Trinajstić information content (AvgIpc) is 2.41. The number of hydrazone groups is 1. The molecule has 7 nitrogen and oxygen atoms in total. The Hall–Kier alpha value is -1.66. The molecule has 0 amide bonds. The van der Waals surface area contributed by atoms with E-state index in [1.807, 2.05) is 13.8 Å². The quantitative estimate of drug-likeness (QED) is 0.0748. The summed E-state index contributed by atoms with van der Waals surface area (Å²) in [5.41, 5.74) is 0. The second-order valence-electron chi connectivity index (χ2n) is 3.95. The van der Waals surface area contributed by atoms with E-state index < -0.39 is 0 Å². The third-order valence-electron chi connectivity index (χ3n) is 2.40. The van der Waals surface area contributed by atoms with Crippen molar-refractivity contribution >= 4 is 11.9 Å². The molecule has 19 heavy (non-hydrogen) atoms. The SMILES string of the molecule is CCNC(NCC)=[NH+]CCN/C(NCC)=[N+](\N)CC. The highest BCUT2D eigenvalue weighted by Gasteiger charge is 2.08. The first kappa shape index (κ1) is 17.3. The summed E-state index contributed by atoms with van der Waals surface area (Å²) in [6, 6.07) is 0. The maximum Gasteiger partial charge on any atom is 0.367 e. The van der Waals surface area contributed by atoms with Gasteiger partial charge in [-0.3, -0.25) is 32.1 Å². The molecule has 0 aromatic carbocycles. The Labute approximate surface area is 116 Å². The Morgan fingerprint density at radius 2 is 1.53 bits per heavy atom. The van der Waals surface area contributed by atoms with Gasteiger partial charge in [0.05, 0.1) is 39.3 Å². The molecule has 0 spiro atoms. The smallest absolute Gasteiger partial charge is 0.294 e. The minimum Gasteiger partial charge on any atom is -0.294 e. The zero-order chi connectivity index (χ0) is 14.5. The molecule has 0 bridgehead atoms. The minimum atomic E-state index is 0.759. The van der Waals surface area contributed by atoms with E-state index >= 15 is 0 Å². The molecule has 0 aromatic rings. The summed E-state index contributed by atoms with van der Waals surface area (Å²) in [7, 11) is 0. The van der Waals surface area contributed by atoms with E-state index in [2.05, 4.69) is 40.1 Å². The van der Waals surface area contributed by atoms with Crippen LogP contribution in [0.3, 0.4) is 0 Å². The van der Waals surface area contributed by atoms with Crippen LogP contribution < -0.4 is 32.1 Å². The van der Waals surface area contributed by atoms with Gasteiger partial charge in [0.2, 0.25) is 0 Å². The lowest BCUT2D eigenvalue weighted by Crippen LogP contribution is -2.81. The molecule has 0 fully saturated rings. The molecule has 0 aliphatic heterocycles.